The van der Waals surface area contributed by atoms with Gasteiger partial charge in [-0.05, 0) is 55.2 Å². The number of fused-ring (bicyclic) bond motifs is 3. The highest BCUT2D eigenvalue weighted by Gasteiger charge is 2.45. The highest BCUT2D eigenvalue weighted by Crippen LogP contribution is 2.44. The summed E-state index contributed by atoms with van der Waals surface area (Å²) in [5.74, 6) is -0.683. The van der Waals surface area contributed by atoms with Gasteiger partial charge in [0, 0.05) is 25.0 Å². The molecule has 3 fully saturated rings. The van der Waals surface area contributed by atoms with Crippen molar-refractivity contribution in [3.05, 3.63) is 34.9 Å². The molecule has 2 saturated carbocycles. The Kier molecular flexibility index (Phi) is 4.29. The maximum atomic E-state index is 12.9. The van der Waals surface area contributed by atoms with Crippen LogP contribution in [0.2, 0.25) is 0 Å². The van der Waals surface area contributed by atoms with Gasteiger partial charge in [0.15, 0.2) is 0 Å². The minimum absolute atomic E-state index is 0.116. The number of amides is 4. The summed E-state index contributed by atoms with van der Waals surface area (Å²) in [4.78, 5) is 50.2. The van der Waals surface area contributed by atoms with Crippen LogP contribution in [0.25, 0.3) is 0 Å². The first kappa shape index (κ1) is 18.4. The molecule has 4 N–H and O–H groups in total. The number of carbonyl (C=O) groups excluding carboxylic acids is 4. The van der Waals surface area contributed by atoms with Gasteiger partial charge in [-0.3, -0.25) is 29.4 Å². The molecule has 1 unspecified atom stereocenters. The van der Waals surface area contributed by atoms with Gasteiger partial charge in [0.05, 0.1) is 11.1 Å². The van der Waals surface area contributed by atoms with E-state index in [4.69, 9.17) is 5.73 Å². The highest BCUT2D eigenvalue weighted by atomic mass is 16.2. The number of hydrogen-bond donors (Lipinski definition) is 3. The molecule has 0 radical (unpaired) electrons. The Morgan fingerprint density at radius 2 is 1.86 bits per heavy atom. The van der Waals surface area contributed by atoms with E-state index in [9.17, 15) is 19.2 Å². The zero-order valence-electron chi connectivity index (χ0n) is 16.0. The van der Waals surface area contributed by atoms with E-state index < -0.39 is 23.8 Å². The van der Waals surface area contributed by atoms with E-state index in [1.807, 2.05) is 6.07 Å². The minimum Gasteiger partial charge on any atom is -0.327 e. The molecule has 5 rings (SSSR count). The van der Waals surface area contributed by atoms with Gasteiger partial charge in [-0.25, -0.2) is 0 Å². The quantitative estimate of drug-likeness (QED) is 0.630. The maximum Gasteiger partial charge on any atom is 0.262 e. The highest BCUT2D eigenvalue weighted by molar-refractivity contribution is 6.23. The third-order valence-corrected chi connectivity index (χ3v) is 6.94. The number of nitrogens with one attached hydrogen (secondary N) is 2. The molecule has 0 aromatic heterocycles. The Hall–Kier alpha value is -2.58. The average molecular weight is 396 g/mol. The molecular weight excluding hydrogens is 372 g/mol. The van der Waals surface area contributed by atoms with Crippen LogP contribution in [0.15, 0.2) is 18.2 Å². The number of rotatable bonds is 4. The normalized spacial score (nSPS) is 33.4. The summed E-state index contributed by atoms with van der Waals surface area (Å²) >= 11 is 0. The summed E-state index contributed by atoms with van der Waals surface area (Å²) in [5.41, 5.74) is 7.77. The Morgan fingerprint density at radius 1 is 1.07 bits per heavy atom. The van der Waals surface area contributed by atoms with Crippen molar-refractivity contribution in [1.82, 2.24) is 15.5 Å². The van der Waals surface area contributed by atoms with Crippen molar-refractivity contribution < 1.29 is 19.2 Å². The molecule has 8 nitrogen and oxygen atoms in total. The SMILES string of the molecule is N[C@@H]1C[C@H]2C[C@@H]1[C@@H](NCc1ccc3c(c1)C(=O)N(C1CCC(=O)NC1=O)C3=O)C2. The van der Waals surface area contributed by atoms with Gasteiger partial charge in [0.2, 0.25) is 11.8 Å². The molecule has 152 valence electrons. The second kappa shape index (κ2) is 6.74. The van der Waals surface area contributed by atoms with Gasteiger partial charge >= 0.3 is 0 Å². The largest absolute Gasteiger partial charge is 0.327 e. The fourth-order valence-electron chi connectivity index (χ4n) is 5.52. The lowest BCUT2D eigenvalue weighted by Crippen LogP contribution is -2.54. The lowest BCUT2D eigenvalue weighted by Gasteiger charge is -2.28. The second-order valence-corrected chi connectivity index (χ2v) is 8.72. The molecular formula is C21H24N4O4. The molecule has 0 spiro atoms. The lowest BCUT2D eigenvalue weighted by molar-refractivity contribution is -0.136. The van der Waals surface area contributed by atoms with Crippen molar-refractivity contribution in [1.29, 1.82) is 0 Å². The number of nitrogens with zero attached hydrogens (tertiary/aromatic N) is 1. The zero-order chi connectivity index (χ0) is 20.3. The first-order valence-corrected chi connectivity index (χ1v) is 10.3. The van der Waals surface area contributed by atoms with Crippen LogP contribution in [-0.2, 0) is 16.1 Å². The van der Waals surface area contributed by atoms with Crippen LogP contribution >= 0.6 is 0 Å². The first-order chi connectivity index (χ1) is 13.9. The number of benzene rings is 1. The van der Waals surface area contributed by atoms with E-state index in [0.717, 1.165) is 23.3 Å². The topological polar surface area (TPSA) is 122 Å². The van der Waals surface area contributed by atoms with E-state index in [1.54, 1.807) is 12.1 Å². The molecule has 2 heterocycles. The summed E-state index contributed by atoms with van der Waals surface area (Å²) in [6.07, 6.45) is 3.73. The zero-order valence-corrected chi connectivity index (χ0v) is 16.0. The van der Waals surface area contributed by atoms with Crippen LogP contribution in [0.1, 0.15) is 58.4 Å². The monoisotopic (exact) mass is 396 g/mol. The molecule has 4 amide bonds. The van der Waals surface area contributed by atoms with Crippen LogP contribution in [-0.4, -0.2) is 46.7 Å². The van der Waals surface area contributed by atoms with Crippen molar-refractivity contribution in [2.24, 2.45) is 17.6 Å². The van der Waals surface area contributed by atoms with Gasteiger partial charge in [0.1, 0.15) is 6.04 Å². The molecule has 2 bridgehead atoms. The third-order valence-electron chi connectivity index (χ3n) is 6.94. The molecule has 1 aromatic rings. The smallest absolute Gasteiger partial charge is 0.262 e. The van der Waals surface area contributed by atoms with Crippen LogP contribution in [0.3, 0.4) is 0 Å². The van der Waals surface area contributed by atoms with Gasteiger partial charge < -0.3 is 11.1 Å². The van der Waals surface area contributed by atoms with Crippen LogP contribution in [0.4, 0.5) is 0 Å². The van der Waals surface area contributed by atoms with Crippen molar-refractivity contribution in [3.8, 4) is 0 Å². The molecule has 8 heteroatoms. The van der Waals surface area contributed by atoms with E-state index in [-0.39, 0.29) is 24.8 Å². The maximum absolute atomic E-state index is 12.9. The van der Waals surface area contributed by atoms with E-state index in [0.29, 0.717) is 35.5 Å². The number of nitrogens with two attached hydrogens (primary N) is 1. The summed E-state index contributed by atoms with van der Waals surface area (Å²) in [5, 5.41) is 5.78. The van der Waals surface area contributed by atoms with E-state index in [1.165, 1.54) is 6.42 Å². The molecule has 1 aromatic carbocycles. The first-order valence-electron chi connectivity index (χ1n) is 10.3. The number of hydrogen-bond acceptors (Lipinski definition) is 6. The van der Waals surface area contributed by atoms with E-state index in [2.05, 4.69) is 10.6 Å². The van der Waals surface area contributed by atoms with Gasteiger partial charge in [0.25, 0.3) is 11.8 Å². The average Bonchev–Trinajstić information content (AvgIpc) is 3.33. The molecule has 2 aliphatic heterocycles. The Labute approximate surface area is 168 Å². The van der Waals surface area contributed by atoms with Gasteiger partial charge in [-0.2, -0.15) is 0 Å². The molecule has 29 heavy (non-hydrogen) atoms. The number of piperidine rings is 1. The van der Waals surface area contributed by atoms with Gasteiger partial charge in [-0.15, -0.1) is 0 Å². The van der Waals surface area contributed by atoms with Crippen LogP contribution in [0.5, 0.6) is 0 Å². The summed E-state index contributed by atoms with van der Waals surface area (Å²) in [6, 6.07) is 4.98. The number of imide groups is 2. The third kappa shape index (κ3) is 2.98. The molecule has 5 atom stereocenters. The Morgan fingerprint density at radius 3 is 2.59 bits per heavy atom. The van der Waals surface area contributed by atoms with Crippen LogP contribution in [0, 0.1) is 11.8 Å². The summed E-state index contributed by atoms with van der Waals surface area (Å²) < 4.78 is 0. The number of carbonyl (C=O) groups is 4. The van der Waals surface area contributed by atoms with Crippen molar-refractivity contribution in [2.45, 2.75) is 56.8 Å². The standard InChI is InChI=1S/C21H24N4O4/c22-15-7-11-6-14(15)16(8-11)23-9-10-1-2-12-13(5-10)21(29)25(20(12)28)17-3-4-18(26)24-19(17)27/h1-2,5,11,14-17,23H,3-4,6-9,22H2,(H,24,26,27)/t11-,14+,15-,16+,17?/m1/s1. The predicted octanol–water partition coefficient (Wildman–Crippen LogP) is 0.303. The van der Waals surface area contributed by atoms with Crippen molar-refractivity contribution in [2.75, 3.05) is 0 Å². The van der Waals surface area contributed by atoms with Crippen molar-refractivity contribution >= 4 is 23.6 Å². The predicted molar refractivity (Wildman–Crippen MR) is 103 cm³/mol. The summed E-state index contributed by atoms with van der Waals surface area (Å²) in [6.45, 7) is 0.605. The van der Waals surface area contributed by atoms with Crippen molar-refractivity contribution in [3.63, 3.8) is 0 Å². The lowest BCUT2D eigenvalue weighted by atomic mass is 9.91. The van der Waals surface area contributed by atoms with Gasteiger partial charge in [-0.1, -0.05) is 6.07 Å². The molecule has 4 aliphatic rings. The Bertz CT molecular complexity index is 929. The fraction of sp³-hybridized carbons (Fsp3) is 0.524. The minimum atomic E-state index is -0.933. The second-order valence-electron chi connectivity index (χ2n) is 8.72. The Balaban J connectivity index is 1.31. The van der Waals surface area contributed by atoms with E-state index >= 15 is 0 Å². The fourth-order valence-corrected chi connectivity index (χ4v) is 5.52. The summed E-state index contributed by atoms with van der Waals surface area (Å²) in [7, 11) is 0. The molecule has 2 aliphatic carbocycles. The van der Waals surface area contributed by atoms with Crippen LogP contribution < -0.4 is 16.4 Å². The molecule has 1 saturated heterocycles.